The van der Waals surface area contributed by atoms with E-state index in [0.29, 0.717) is 34.7 Å². The maximum Gasteiger partial charge on any atom is 0.283 e. The second-order valence-corrected chi connectivity index (χ2v) is 8.95. The number of anilines is 1. The Morgan fingerprint density at radius 2 is 1.74 bits per heavy atom. The minimum Gasteiger partial charge on any atom is -0.497 e. The molecular formula is C27H24N2O5S. The molecule has 5 rings (SSSR count). The summed E-state index contributed by atoms with van der Waals surface area (Å²) in [5, 5.41) is 0.615. The van der Waals surface area contributed by atoms with Crippen LogP contribution in [-0.4, -0.2) is 37.3 Å². The van der Waals surface area contributed by atoms with Gasteiger partial charge in [0.25, 0.3) is 5.91 Å². The SMILES string of the molecule is COc1ccc(OCCSC2=N/C(=C\c3ccc4c(c3)OCO4)C(=O)N2c2ccc(C)cc2)cc1. The summed E-state index contributed by atoms with van der Waals surface area (Å²) in [6, 6.07) is 20.8. The molecule has 0 spiro atoms. The van der Waals surface area contributed by atoms with Crippen molar-refractivity contribution in [3.05, 3.63) is 83.6 Å². The van der Waals surface area contributed by atoms with Crippen molar-refractivity contribution in [2.24, 2.45) is 4.99 Å². The van der Waals surface area contributed by atoms with Gasteiger partial charge in [-0.3, -0.25) is 9.69 Å². The second kappa shape index (κ2) is 10.1. The number of methoxy groups -OCH3 is 1. The summed E-state index contributed by atoms with van der Waals surface area (Å²) in [6.07, 6.45) is 1.77. The average Bonchev–Trinajstić information content (AvgIpc) is 3.47. The van der Waals surface area contributed by atoms with Gasteiger partial charge in [0.2, 0.25) is 6.79 Å². The maximum absolute atomic E-state index is 13.4. The van der Waals surface area contributed by atoms with E-state index >= 15 is 0 Å². The first-order valence-corrected chi connectivity index (χ1v) is 12.1. The van der Waals surface area contributed by atoms with Gasteiger partial charge in [-0.1, -0.05) is 35.5 Å². The lowest BCUT2D eigenvalue weighted by molar-refractivity contribution is -0.113. The fourth-order valence-electron chi connectivity index (χ4n) is 3.64. The third kappa shape index (κ3) is 5.12. The van der Waals surface area contributed by atoms with Crippen LogP contribution in [0.5, 0.6) is 23.0 Å². The van der Waals surface area contributed by atoms with Crippen LogP contribution in [0.3, 0.4) is 0 Å². The molecule has 0 unspecified atom stereocenters. The molecule has 2 aliphatic heterocycles. The highest BCUT2D eigenvalue weighted by Crippen LogP contribution is 2.34. The van der Waals surface area contributed by atoms with Crippen molar-refractivity contribution in [3.63, 3.8) is 0 Å². The predicted octanol–water partition coefficient (Wildman–Crippen LogP) is 5.29. The van der Waals surface area contributed by atoms with Gasteiger partial charge < -0.3 is 18.9 Å². The molecule has 0 saturated heterocycles. The Morgan fingerprint density at radius 3 is 2.51 bits per heavy atom. The number of aryl methyl sites for hydroxylation is 1. The molecule has 2 heterocycles. The summed E-state index contributed by atoms with van der Waals surface area (Å²) in [6.45, 7) is 2.68. The summed E-state index contributed by atoms with van der Waals surface area (Å²) >= 11 is 1.48. The van der Waals surface area contributed by atoms with Crippen molar-refractivity contribution in [1.82, 2.24) is 0 Å². The van der Waals surface area contributed by atoms with E-state index in [1.807, 2.05) is 73.7 Å². The van der Waals surface area contributed by atoms with Crippen LogP contribution in [0.25, 0.3) is 6.08 Å². The lowest BCUT2D eigenvalue weighted by Gasteiger charge is -2.18. The first-order valence-electron chi connectivity index (χ1n) is 11.1. The van der Waals surface area contributed by atoms with Crippen LogP contribution in [0.2, 0.25) is 0 Å². The minimum absolute atomic E-state index is 0.176. The second-order valence-electron chi connectivity index (χ2n) is 7.89. The molecule has 0 N–H and O–H groups in total. The number of amidine groups is 1. The third-order valence-corrected chi connectivity index (χ3v) is 6.37. The minimum atomic E-state index is -0.176. The zero-order valence-electron chi connectivity index (χ0n) is 19.4. The van der Waals surface area contributed by atoms with Gasteiger partial charge in [0.15, 0.2) is 16.7 Å². The van der Waals surface area contributed by atoms with Gasteiger partial charge in [0.05, 0.1) is 19.4 Å². The monoisotopic (exact) mass is 488 g/mol. The molecule has 178 valence electrons. The lowest BCUT2D eigenvalue weighted by atomic mass is 10.1. The first kappa shape index (κ1) is 22.9. The van der Waals surface area contributed by atoms with Crippen LogP contribution >= 0.6 is 11.8 Å². The number of thioether (sulfide) groups is 1. The largest absolute Gasteiger partial charge is 0.497 e. The van der Waals surface area contributed by atoms with Crippen molar-refractivity contribution in [1.29, 1.82) is 0 Å². The fourth-order valence-corrected chi connectivity index (χ4v) is 4.47. The van der Waals surface area contributed by atoms with Gasteiger partial charge >= 0.3 is 0 Å². The number of ether oxygens (including phenoxy) is 4. The normalized spacial score (nSPS) is 15.5. The van der Waals surface area contributed by atoms with Gasteiger partial charge in [-0.15, -0.1) is 0 Å². The van der Waals surface area contributed by atoms with E-state index in [1.54, 1.807) is 18.1 Å². The number of hydrogen-bond donors (Lipinski definition) is 0. The molecule has 0 aliphatic carbocycles. The standard InChI is InChI=1S/C27H24N2O5S/c1-18-3-6-20(7-4-18)29-26(30)23(15-19-5-12-24-25(16-19)34-17-33-24)28-27(29)35-14-13-32-22-10-8-21(31-2)9-11-22/h3-12,15-16H,13-14,17H2,1-2H3/b23-15-. The molecule has 0 fully saturated rings. The van der Waals surface area contributed by atoms with E-state index in [9.17, 15) is 4.79 Å². The van der Waals surface area contributed by atoms with E-state index < -0.39 is 0 Å². The highest BCUT2D eigenvalue weighted by atomic mass is 32.2. The summed E-state index contributed by atoms with van der Waals surface area (Å²) < 4.78 is 21.9. The first-order chi connectivity index (χ1) is 17.1. The van der Waals surface area contributed by atoms with Gasteiger partial charge in [-0.25, -0.2) is 4.99 Å². The number of rotatable bonds is 7. The molecule has 8 heteroatoms. The van der Waals surface area contributed by atoms with Crippen LogP contribution in [0, 0.1) is 6.92 Å². The summed E-state index contributed by atoms with van der Waals surface area (Å²) in [4.78, 5) is 19.7. The van der Waals surface area contributed by atoms with Crippen LogP contribution in [0.15, 0.2) is 77.4 Å². The van der Waals surface area contributed by atoms with Crippen molar-refractivity contribution in [3.8, 4) is 23.0 Å². The Kier molecular flexibility index (Phi) is 6.63. The Morgan fingerprint density at radius 1 is 1.00 bits per heavy atom. The molecule has 2 aliphatic rings. The fraction of sp³-hybridized carbons (Fsp3) is 0.185. The molecule has 0 aromatic heterocycles. The topological polar surface area (TPSA) is 69.6 Å². The number of benzene rings is 3. The molecule has 3 aromatic rings. The molecule has 1 amide bonds. The highest BCUT2D eigenvalue weighted by molar-refractivity contribution is 8.14. The molecule has 0 saturated carbocycles. The number of fused-ring (bicyclic) bond motifs is 1. The molecule has 0 radical (unpaired) electrons. The molecule has 3 aromatic carbocycles. The van der Waals surface area contributed by atoms with E-state index in [0.717, 1.165) is 28.3 Å². The Bertz CT molecular complexity index is 1290. The zero-order valence-corrected chi connectivity index (χ0v) is 20.2. The number of amides is 1. The molecule has 35 heavy (non-hydrogen) atoms. The number of carbonyl (C=O) groups is 1. The predicted molar refractivity (Wildman–Crippen MR) is 138 cm³/mol. The van der Waals surface area contributed by atoms with Crippen LogP contribution in [0.4, 0.5) is 5.69 Å². The van der Waals surface area contributed by atoms with Gasteiger partial charge in [0.1, 0.15) is 17.2 Å². The van der Waals surface area contributed by atoms with Crippen LogP contribution < -0.4 is 23.8 Å². The summed E-state index contributed by atoms with van der Waals surface area (Å²) in [7, 11) is 1.63. The molecule has 0 bridgehead atoms. The third-order valence-electron chi connectivity index (χ3n) is 5.46. The quantitative estimate of drug-likeness (QED) is 0.333. The average molecular weight is 489 g/mol. The lowest BCUT2D eigenvalue weighted by Crippen LogP contribution is -2.30. The van der Waals surface area contributed by atoms with E-state index in [2.05, 4.69) is 4.99 Å². The summed E-state index contributed by atoms with van der Waals surface area (Å²) in [5.41, 5.74) is 3.08. The number of carbonyl (C=O) groups excluding carboxylic acids is 1. The zero-order chi connectivity index (χ0) is 24.2. The Labute approximate surface area is 208 Å². The summed E-state index contributed by atoms with van der Waals surface area (Å²) in [5.74, 6) is 3.34. The van der Waals surface area contributed by atoms with Gasteiger partial charge in [-0.2, -0.15) is 0 Å². The van der Waals surface area contributed by atoms with Crippen LogP contribution in [0.1, 0.15) is 11.1 Å². The Hall–Kier alpha value is -3.91. The van der Waals surface area contributed by atoms with Crippen LogP contribution in [-0.2, 0) is 4.79 Å². The molecular weight excluding hydrogens is 464 g/mol. The number of nitrogens with zero attached hydrogens (tertiary/aromatic N) is 2. The van der Waals surface area contributed by atoms with Gasteiger partial charge in [-0.05, 0) is 67.1 Å². The van der Waals surface area contributed by atoms with E-state index in [4.69, 9.17) is 18.9 Å². The number of hydrogen-bond acceptors (Lipinski definition) is 7. The van der Waals surface area contributed by atoms with E-state index in [1.165, 1.54) is 11.8 Å². The van der Waals surface area contributed by atoms with E-state index in [-0.39, 0.29) is 12.7 Å². The smallest absolute Gasteiger partial charge is 0.283 e. The van der Waals surface area contributed by atoms with Crippen molar-refractivity contribution >= 4 is 34.6 Å². The molecule has 0 atom stereocenters. The molecule has 7 nitrogen and oxygen atoms in total. The van der Waals surface area contributed by atoms with Gasteiger partial charge in [0, 0.05) is 5.75 Å². The maximum atomic E-state index is 13.4. The van der Waals surface area contributed by atoms with Crippen molar-refractivity contribution in [2.45, 2.75) is 6.92 Å². The van der Waals surface area contributed by atoms with Crippen molar-refractivity contribution in [2.75, 3.05) is 31.2 Å². The highest BCUT2D eigenvalue weighted by Gasteiger charge is 2.32. The number of aliphatic imine (C=N–C) groups is 1. The Balaban J connectivity index is 1.33. The van der Waals surface area contributed by atoms with Crippen molar-refractivity contribution < 1.29 is 23.7 Å².